The summed E-state index contributed by atoms with van der Waals surface area (Å²) in [5.74, 6) is 2.09. The van der Waals surface area contributed by atoms with Crippen LogP contribution in [0.2, 0.25) is 0 Å². The van der Waals surface area contributed by atoms with Crippen LogP contribution in [0.5, 0.6) is 11.5 Å². The second kappa shape index (κ2) is 13.7. The molecule has 5 nitrogen and oxygen atoms in total. The third-order valence-electron chi connectivity index (χ3n) is 9.64. The van der Waals surface area contributed by atoms with Crippen LogP contribution >= 0.6 is 0 Å². The first-order valence-electron chi connectivity index (χ1n) is 17.2. The van der Waals surface area contributed by atoms with Crippen LogP contribution in [0.25, 0.3) is 44.4 Å². The fourth-order valence-electron chi connectivity index (χ4n) is 6.79. The zero-order valence-electron chi connectivity index (χ0n) is 30.2. The summed E-state index contributed by atoms with van der Waals surface area (Å²) < 4.78 is 10.7. The fourth-order valence-corrected chi connectivity index (χ4v) is 6.79. The summed E-state index contributed by atoms with van der Waals surface area (Å²) in [6, 6.07) is 38.8. The van der Waals surface area contributed by atoms with Gasteiger partial charge in [0.2, 0.25) is 0 Å². The van der Waals surface area contributed by atoms with E-state index in [9.17, 15) is 0 Å². The van der Waals surface area contributed by atoms with Gasteiger partial charge in [-0.3, -0.25) is 4.68 Å². The molecule has 0 fully saturated rings. The maximum atomic E-state index is 6.50. The van der Waals surface area contributed by atoms with Crippen LogP contribution in [0.1, 0.15) is 70.5 Å². The van der Waals surface area contributed by atoms with E-state index in [1.165, 1.54) is 16.5 Å². The van der Waals surface area contributed by atoms with Gasteiger partial charge in [-0.1, -0.05) is 89.5 Å². The van der Waals surface area contributed by atoms with Crippen LogP contribution < -0.4 is 4.74 Å². The van der Waals surface area contributed by atoms with E-state index >= 15 is 0 Å². The number of rotatable bonds is 8. The molecule has 0 N–H and O–H groups in total. The van der Waals surface area contributed by atoms with E-state index in [1.54, 1.807) is 0 Å². The summed E-state index contributed by atoms with van der Waals surface area (Å²) in [5.41, 5.74) is 9.98. The van der Waals surface area contributed by atoms with Gasteiger partial charge in [0.25, 0.3) is 0 Å². The number of fused-ring (bicyclic) bond motifs is 3. The molecule has 50 heavy (non-hydrogen) atoms. The molecule has 3 heterocycles. The van der Waals surface area contributed by atoms with E-state index in [-0.39, 0.29) is 31.9 Å². The fraction of sp³-hybridized carbons (Fsp3) is 0.273. The van der Waals surface area contributed by atoms with Gasteiger partial charge in [-0.15, -0.1) is 35.7 Å². The Labute approximate surface area is 310 Å². The number of hydrogen-bond donors (Lipinski definition) is 0. The zero-order chi connectivity index (χ0) is 34.5. The number of ether oxygens (including phenoxy) is 1. The first-order chi connectivity index (χ1) is 23.4. The molecule has 0 atom stereocenters. The van der Waals surface area contributed by atoms with E-state index in [2.05, 4.69) is 133 Å². The predicted molar refractivity (Wildman–Crippen MR) is 201 cm³/mol. The number of benzene rings is 4. The maximum absolute atomic E-state index is 6.50. The van der Waals surface area contributed by atoms with Crippen LogP contribution in [0, 0.1) is 31.4 Å². The van der Waals surface area contributed by atoms with Crippen molar-refractivity contribution >= 4 is 21.8 Å². The number of pyridine rings is 1. The van der Waals surface area contributed by atoms with Crippen molar-refractivity contribution in [3.8, 4) is 34.1 Å². The van der Waals surface area contributed by atoms with E-state index in [0.29, 0.717) is 11.5 Å². The Balaban J connectivity index is 0.00000432. The molecule has 4 aromatic carbocycles. The summed E-state index contributed by atoms with van der Waals surface area (Å²) in [5, 5.41) is 7.19. The first kappa shape index (κ1) is 35.4. The smallest absolute Gasteiger partial charge is 0.509 e. The van der Waals surface area contributed by atoms with Gasteiger partial charge >= 0.3 is 21.1 Å². The molecule has 0 aliphatic rings. The Kier molecular flexibility index (Phi) is 9.67. The van der Waals surface area contributed by atoms with Crippen molar-refractivity contribution in [2.45, 2.75) is 73.6 Å². The topological polar surface area (TPSA) is 44.9 Å². The van der Waals surface area contributed by atoms with Crippen LogP contribution in [-0.2, 0) is 32.9 Å². The molecule has 0 aliphatic carbocycles. The average Bonchev–Trinajstić information content (AvgIpc) is 3.56. The minimum atomic E-state index is 0. The quantitative estimate of drug-likeness (QED) is 0.143. The second-order valence-corrected chi connectivity index (χ2v) is 15.0. The molecule has 7 aromatic rings. The minimum absolute atomic E-state index is 0. The number of nitrogens with zero attached hydrogens (tertiary/aromatic N) is 4. The molecule has 6 heteroatoms. The molecule has 0 unspecified atom stereocenters. The van der Waals surface area contributed by atoms with Crippen molar-refractivity contribution in [2.75, 3.05) is 0 Å². The van der Waals surface area contributed by atoms with Crippen LogP contribution in [0.15, 0.2) is 97.2 Å². The molecule has 0 radical (unpaired) electrons. The van der Waals surface area contributed by atoms with E-state index in [0.717, 1.165) is 63.3 Å². The molecule has 3 aromatic heterocycles. The van der Waals surface area contributed by atoms with Gasteiger partial charge in [0.05, 0.1) is 5.69 Å². The van der Waals surface area contributed by atoms with Gasteiger partial charge in [0.1, 0.15) is 5.82 Å². The average molecular weight is 840 g/mol. The molecule has 0 spiro atoms. The van der Waals surface area contributed by atoms with Crippen molar-refractivity contribution < 1.29 is 25.8 Å². The Morgan fingerprint density at radius 1 is 0.780 bits per heavy atom. The van der Waals surface area contributed by atoms with Gasteiger partial charge in [-0.2, -0.15) is 17.2 Å². The molecule has 0 bridgehead atoms. The van der Waals surface area contributed by atoms with Crippen LogP contribution in [-0.4, -0.2) is 19.3 Å². The van der Waals surface area contributed by atoms with Crippen LogP contribution in [0.3, 0.4) is 0 Å². The maximum Gasteiger partial charge on any atom is 2.00 e. The van der Waals surface area contributed by atoms with Gasteiger partial charge in [0.15, 0.2) is 0 Å². The molecule has 256 valence electrons. The second-order valence-electron chi connectivity index (χ2n) is 15.0. The van der Waals surface area contributed by atoms with Gasteiger partial charge in [-0.25, -0.2) is 4.98 Å². The SMILES string of the molecule is CCC(C)(C)c1ccc2c(c1)c1ccc(Oc3[c-]c(-n4nc(C)c(-c5ccccc5)c4C)ccc3)[c-]c1n2-c1cc(CC(C)(C)C)ccn1.[Pt+2]. The summed E-state index contributed by atoms with van der Waals surface area (Å²) in [7, 11) is 0. The van der Waals surface area contributed by atoms with Crippen LogP contribution in [0.4, 0.5) is 0 Å². The zero-order valence-corrected chi connectivity index (χ0v) is 32.4. The third kappa shape index (κ3) is 6.81. The Hall–Kier alpha value is -4.47. The van der Waals surface area contributed by atoms with E-state index in [4.69, 9.17) is 14.8 Å². The van der Waals surface area contributed by atoms with Gasteiger partial charge in [0, 0.05) is 34.5 Å². The summed E-state index contributed by atoms with van der Waals surface area (Å²) in [6.45, 7) is 17.8. The normalized spacial score (nSPS) is 12.0. The molecule has 0 saturated heterocycles. The first-order valence-corrected chi connectivity index (χ1v) is 17.2. The van der Waals surface area contributed by atoms with E-state index < -0.39 is 0 Å². The van der Waals surface area contributed by atoms with Crippen molar-refractivity contribution in [1.29, 1.82) is 0 Å². The molecular formula is C44H44N4OPt. The number of aromatic nitrogens is 4. The Morgan fingerprint density at radius 2 is 1.54 bits per heavy atom. The largest absolute Gasteiger partial charge is 2.00 e. The Morgan fingerprint density at radius 3 is 2.28 bits per heavy atom. The molecular weight excluding hydrogens is 796 g/mol. The summed E-state index contributed by atoms with van der Waals surface area (Å²) >= 11 is 0. The number of hydrogen-bond acceptors (Lipinski definition) is 3. The minimum Gasteiger partial charge on any atom is -0.509 e. The predicted octanol–water partition coefficient (Wildman–Crippen LogP) is 11.3. The van der Waals surface area contributed by atoms with Gasteiger partial charge in [-0.05, 0) is 83.5 Å². The van der Waals surface area contributed by atoms with Crippen molar-refractivity contribution in [1.82, 2.24) is 19.3 Å². The molecule has 0 amide bonds. The van der Waals surface area contributed by atoms with Crippen molar-refractivity contribution in [3.05, 3.63) is 132 Å². The number of aryl methyl sites for hydroxylation is 1. The van der Waals surface area contributed by atoms with Crippen molar-refractivity contribution in [2.24, 2.45) is 5.41 Å². The molecule has 0 saturated carbocycles. The summed E-state index contributed by atoms with van der Waals surface area (Å²) in [4.78, 5) is 4.88. The molecule has 0 aliphatic heterocycles. The third-order valence-corrected chi connectivity index (χ3v) is 9.64. The monoisotopic (exact) mass is 839 g/mol. The Bertz CT molecular complexity index is 2310. The standard InChI is InChI=1S/C44H44N4O.Pt/c1-9-44(7,8)33-18-21-39-38(25-33)37-20-19-36(27-40(37)47(39)41-24-31(22-23-45-41)28-43(4,5)6)49-35-17-13-16-34(26-35)48-30(3)42(29(2)46-48)32-14-11-10-12-15-32;/h10-25H,9,28H2,1-8H3;/q-2;+2. The van der Waals surface area contributed by atoms with Crippen molar-refractivity contribution in [3.63, 3.8) is 0 Å². The molecule has 7 rings (SSSR count). The van der Waals surface area contributed by atoms with Gasteiger partial charge < -0.3 is 9.30 Å². The van der Waals surface area contributed by atoms with E-state index in [1.807, 2.05) is 41.2 Å². The summed E-state index contributed by atoms with van der Waals surface area (Å²) in [6.07, 6.45) is 3.94.